The highest BCUT2D eigenvalue weighted by molar-refractivity contribution is 5.66. The Morgan fingerprint density at radius 1 is 0.842 bits per heavy atom. The van der Waals surface area contributed by atoms with Crippen LogP contribution in [-0.2, 0) is 4.79 Å². The fraction of sp³-hybridized carbons (Fsp3) is 0.941. The van der Waals surface area contributed by atoms with E-state index in [2.05, 4.69) is 20.8 Å². The Balaban J connectivity index is 3.98. The lowest BCUT2D eigenvalue weighted by atomic mass is 9.76. The van der Waals surface area contributed by atoms with Gasteiger partial charge in [0.1, 0.15) is 0 Å². The van der Waals surface area contributed by atoms with E-state index in [9.17, 15) is 4.79 Å². The SMILES string of the molecule is CCCCCCCC(C)(CCCC)CCCC(=O)O. The number of hydrogen-bond acceptors (Lipinski definition) is 1. The van der Waals surface area contributed by atoms with E-state index < -0.39 is 5.97 Å². The zero-order chi connectivity index (χ0) is 14.6. The minimum atomic E-state index is -0.652. The molecular formula is C17H34O2. The molecule has 2 nitrogen and oxygen atoms in total. The molecule has 0 aliphatic rings. The van der Waals surface area contributed by atoms with Crippen molar-refractivity contribution in [1.29, 1.82) is 0 Å². The van der Waals surface area contributed by atoms with E-state index in [1.54, 1.807) is 0 Å². The third-order valence-corrected chi connectivity index (χ3v) is 4.19. The molecule has 0 aromatic carbocycles. The van der Waals surface area contributed by atoms with Gasteiger partial charge in [-0.1, -0.05) is 65.7 Å². The summed E-state index contributed by atoms with van der Waals surface area (Å²) >= 11 is 0. The topological polar surface area (TPSA) is 37.3 Å². The molecule has 0 aliphatic heterocycles. The number of hydrogen-bond donors (Lipinski definition) is 1. The molecule has 0 amide bonds. The summed E-state index contributed by atoms with van der Waals surface area (Å²) in [5.74, 6) is -0.652. The van der Waals surface area contributed by atoms with Gasteiger partial charge in [-0.2, -0.15) is 0 Å². The molecule has 0 heterocycles. The summed E-state index contributed by atoms with van der Waals surface area (Å²) < 4.78 is 0. The molecule has 114 valence electrons. The molecule has 0 saturated carbocycles. The van der Waals surface area contributed by atoms with Crippen molar-refractivity contribution in [2.75, 3.05) is 0 Å². The molecule has 0 aromatic rings. The smallest absolute Gasteiger partial charge is 0.303 e. The first-order chi connectivity index (χ1) is 9.04. The number of carboxylic acids is 1. The van der Waals surface area contributed by atoms with E-state index in [1.807, 2.05) is 0 Å². The number of unbranched alkanes of at least 4 members (excludes halogenated alkanes) is 5. The van der Waals surface area contributed by atoms with Gasteiger partial charge >= 0.3 is 5.97 Å². The van der Waals surface area contributed by atoms with Crippen molar-refractivity contribution in [2.45, 2.75) is 97.8 Å². The van der Waals surface area contributed by atoms with Crippen molar-refractivity contribution < 1.29 is 9.90 Å². The fourth-order valence-corrected chi connectivity index (χ4v) is 2.80. The average molecular weight is 270 g/mol. The third kappa shape index (κ3) is 11.0. The summed E-state index contributed by atoms with van der Waals surface area (Å²) in [6.07, 6.45) is 14.0. The summed E-state index contributed by atoms with van der Waals surface area (Å²) in [5.41, 5.74) is 0.373. The van der Waals surface area contributed by atoms with Crippen LogP contribution in [0.5, 0.6) is 0 Å². The second-order valence-electron chi connectivity index (χ2n) is 6.33. The molecule has 0 fully saturated rings. The van der Waals surface area contributed by atoms with E-state index in [4.69, 9.17) is 5.11 Å². The normalized spacial score (nSPS) is 14.3. The minimum absolute atomic E-state index is 0.331. The van der Waals surface area contributed by atoms with E-state index in [1.165, 1.54) is 57.8 Å². The zero-order valence-electron chi connectivity index (χ0n) is 13.3. The molecule has 0 bridgehead atoms. The Morgan fingerprint density at radius 2 is 1.37 bits per heavy atom. The summed E-state index contributed by atoms with van der Waals surface area (Å²) in [6.45, 7) is 6.85. The van der Waals surface area contributed by atoms with E-state index in [-0.39, 0.29) is 0 Å². The van der Waals surface area contributed by atoms with Gasteiger partial charge in [0.15, 0.2) is 0 Å². The molecule has 19 heavy (non-hydrogen) atoms. The molecule has 2 heteroatoms. The first-order valence-corrected chi connectivity index (χ1v) is 8.26. The van der Waals surface area contributed by atoms with Crippen LogP contribution in [0.25, 0.3) is 0 Å². The fourth-order valence-electron chi connectivity index (χ4n) is 2.80. The van der Waals surface area contributed by atoms with Gasteiger partial charge in [-0.3, -0.25) is 4.79 Å². The van der Waals surface area contributed by atoms with Crippen LogP contribution in [-0.4, -0.2) is 11.1 Å². The second-order valence-corrected chi connectivity index (χ2v) is 6.33. The molecule has 0 rings (SSSR count). The molecule has 0 aromatic heterocycles. The highest BCUT2D eigenvalue weighted by Crippen LogP contribution is 2.36. The van der Waals surface area contributed by atoms with Crippen molar-refractivity contribution in [1.82, 2.24) is 0 Å². The number of carboxylic acid groups (broad SMARTS) is 1. The van der Waals surface area contributed by atoms with E-state index in [0.717, 1.165) is 12.8 Å². The van der Waals surface area contributed by atoms with Crippen LogP contribution in [0.4, 0.5) is 0 Å². The van der Waals surface area contributed by atoms with Gasteiger partial charge in [0, 0.05) is 6.42 Å². The zero-order valence-corrected chi connectivity index (χ0v) is 13.3. The predicted octanol–water partition coefficient (Wildman–Crippen LogP) is 5.80. The average Bonchev–Trinajstić information content (AvgIpc) is 2.36. The van der Waals surface area contributed by atoms with Crippen LogP contribution < -0.4 is 0 Å². The second kappa shape index (κ2) is 11.3. The molecule has 1 N–H and O–H groups in total. The predicted molar refractivity (Wildman–Crippen MR) is 82.5 cm³/mol. The Labute approximate surface area is 120 Å². The maximum Gasteiger partial charge on any atom is 0.303 e. The van der Waals surface area contributed by atoms with Gasteiger partial charge in [0.25, 0.3) is 0 Å². The van der Waals surface area contributed by atoms with Crippen LogP contribution in [0.3, 0.4) is 0 Å². The van der Waals surface area contributed by atoms with Crippen LogP contribution in [0.1, 0.15) is 97.8 Å². The molecule has 1 unspecified atom stereocenters. The van der Waals surface area contributed by atoms with E-state index in [0.29, 0.717) is 11.8 Å². The van der Waals surface area contributed by atoms with Crippen LogP contribution in [0, 0.1) is 5.41 Å². The Morgan fingerprint density at radius 3 is 1.95 bits per heavy atom. The Hall–Kier alpha value is -0.530. The summed E-state index contributed by atoms with van der Waals surface area (Å²) in [4.78, 5) is 10.6. The lowest BCUT2D eigenvalue weighted by Crippen LogP contribution is -2.17. The Bertz CT molecular complexity index is 225. The van der Waals surface area contributed by atoms with Crippen molar-refractivity contribution in [3.63, 3.8) is 0 Å². The maximum atomic E-state index is 10.6. The van der Waals surface area contributed by atoms with Gasteiger partial charge in [0.2, 0.25) is 0 Å². The summed E-state index contributed by atoms with van der Waals surface area (Å²) in [7, 11) is 0. The first kappa shape index (κ1) is 18.5. The quantitative estimate of drug-likeness (QED) is 0.429. The van der Waals surface area contributed by atoms with Gasteiger partial charge in [-0.25, -0.2) is 0 Å². The van der Waals surface area contributed by atoms with Crippen molar-refractivity contribution in [3.8, 4) is 0 Å². The maximum absolute atomic E-state index is 10.6. The molecule has 0 spiro atoms. The standard InChI is InChI=1S/C17H34O2/c1-4-6-8-9-10-14-17(3,13-7-5-2)15-11-12-16(18)19/h4-15H2,1-3H3,(H,18,19). The number of carbonyl (C=O) groups is 1. The molecule has 1 atom stereocenters. The molecular weight excluding hydrogens is 236 g/mol. The van der Waals surface area contributed by atoms with Crippen molar-refractivity contribution in [2.24, 2.45) is 5.41 Å². The van der Waals surface area contributed by atoms with Gasteiger partial charge < -0.3 is 5.11 Å². The number of rotatable bonds is 13. The Kier molecular flexibility index (Phi) is 11.0. The van der Waals surface area contributed by atoms with E-state index >= 15 is 0 Å². The van der Waals surface area contributed by atoms with Crippen LogP contribution in [0.2, 0.25) is 0 Å². The summed E-state index contributed by atoms with van der Waals surface area (Å²) in [5, 5.41) is 8.76. The highest BCUT2D eigenvalue weighted by atomic mass is 16.4. The van der Waals surface area contributed by atoms with Gasteiger partial charge in [0.05, 0.1) is 0 Å². The van der Waals surface area contributed by atoms with Gasteiger partial charge in [-0.05, 0) is 31.1 Å². The first-order valence-electron chi connectivity index (χ1n) is 8.26. The van der Waals surface area contributed by atoms with Crippen LogP contribution >= 0.6 is 0 Å². The largest absolute Gasteiger partial charge is 0.481 e. The third-order valence-electron chi connectivity index (χ3n) is 4.19. The summed E-state index contributed by atoms with van der Waals surface area (Å²) in [6, 6.07) is 0. The van der Waals surface area contributed by atoms with Gasteiger partial charge in [-0.15, -0.1) is 0 Å². The lowest BCUT2D eigenvalue weighted by molar-refractivity contribution is -0.137. The highest BCUT2D eigenvalue weighted by Gasteiger charge is 2.22. The lowest BCUT2D eigenvalue weighted by Gasteiger charge is -2.30. The van der Waals surface area contributed by atoms with Crippen molar-refractivity contribution >= 4 is 5.97 Å². The van der Waals surface area contributed by atoms with Crippen molar-refractivity contribution in [3.05, 3.63) is 0 Å². The minimum Gasteiger partial charge on any atom is -0.481 e. The molecule has 0 saturated heterocycles. The molecule has 0 radical (unpaired) electrons. The monoisotopic (exact) mass is 270 g/mol. The molecule has 0 aliphatic carbocycles. The van der Waals surface area contributed by atoms with Crippen LogP contribution in [0.15, 0.2) is 0 Å². The number of aliphatic carboxylic acids is 1.